The second-order valence-electron chi connectivity index (χ2n) is 11.0. The van der Waals surface area contributed by atoms with Gasteiger partial charge in [0.25, 0.3) is 0 Å². The van der Waals surface area contributed by atoms with Gasteiger partial charge in [-0.05, 0) is 66.4 Å². The summed E-state index contributed by atoms with van der Waals surface area (Å²) in [5.74, 6) is -1.27. The number of piperazine rings is 1. The van der Waals surface area contributed by atoms with E-state index in [2.05, 4.69) is 16.8 Å². The fraction of sp³-hybridized carbons (Fsp3) is 0.355. The van der Waals surface area contributed by atoms with E-state index in [1.54, 1.807) is 12.1 Å². The second kappa shape index (κ2) is 11.5. The normalized spacial score (nSPS) is 14.1. The van der Waals surface area contributed by atoms with Crippen molar-refractivity contribution in [3.63, 3.8) is 0 Å². The largest absolute Gasteiger partial charge is 0.508 e. The van der Waals surface area contributed by atoms with Gasteiger partial charge in [0.2, 0.25) is 0 Å². The van der Waals surface area contributed by atoms with Crippen LogP contribution in [0, 0.1) is 10.8 Å². The summed E-state index contributed by atoms with van der Waals surface area (Å²) in [6.07, 6.45) is 0. The third kappa shape index (κ3) is 5.70. The van der Waals surface area contributed by atoms with Gasteiger partial charge in [-0.25, -0.2) is 0 Å². The zero-order valence-corrected chi connectivity index (χ0v) is 23.7. The van der Waals surface area contributed by atoms with Crippen LogP contribution >= 0.6 is 0 Å². The van der Waals surface area contributed by atoms with E-state index in [0.29, 0.717) is 16.8 Å². The van der Waals surface area contributed by atoms with Crippen LogP contribution in [-0.2, 0) is 0 Å². The molecule has 6 N–H and O–H groups in total. The molecule has 9 nitrogen and oxygen atoms in total. The van der Waals surface area contributed by atoms with Gasteiger partial charge in [0, 0.05) is 49.7 Å². The molecule has 1 aliphatic heterocycles. The Bertz CT molecular complexity index is 1330. The average Bonchev–Trinajstić information content (AvgIpc) is 2.89. The minimum Gasteiger partial charge on any atom is -0.508 e. The van der Waals surface area contributed by atoms with Crippen LogP contribution in [0.2, 0.25) is 0 Å². The molecule has 4 rings (SSSR count). The number of nitrogens with one attached hydrogen (secondary N) is 2. The lowest BCUT2D eigenvalue weighted by molar-refractivity contribution is 0.313. The van der Waals surface area contributed by atoms with Gasteiger partial charge in [0.05, 0.1) is 11.1 Å². The molecule has 212 valence electrons. The molecule has 0 bridgehead atoms. The first kappa shape index (κ1) is 28.8. The third-order valence-corrected chi connectivity index (χ3v) is 7.47. The number of phenolic OH excluding ortho intramolecular Hbond substituents is 4. The van der Waals surface area contributed by atoms with Crippen molar-refractivity contribution in [2.45, 2.75) is 39.5 Å². The van der Waals surface area contributed by atoms with E-state index < -0.39 is 0 Å². The van der Waals surface area contributed by atoms with Crippen LogP contribution in [-0.4, -0.2) is 70.2 Å². The number of phenols is 4. The standard InChI is InChI=1S/C31H39N5O4/c1-18(2)22-14-24(28(39)16-26(22)37)30(32)36(31(33)25-15-23(19(3)4)27(38)17-29(25)40)21-8-6-20(7-9-21)35-12-10-34(5)11-13-35/h6-9,14-19,32-33,37-40H,10-13H2,1-5H3. The molecular formula is C31H39N5O4. The number of hydrogen-bond acceptors (Lipinski definition) is 8. The minimum atomic E-state index is -0.295. The summed E-state index contributed by atoms with van der Waals surface area (Å²) in [6, 6.07) is 13.1. The topological polar surface area (TPSA) is 138 Å². The van der Waals surface area contributed by atoms with E-state index in [9.17, 15) is 31.2 Å². The van der Waals surface area contributed by atoms with Crippen molar-refractivity contribution in [1.29, 1.82) is 10.8 Å². The summed E-state index contributed by atoms with van der Waals surface area (Å²) in [4.78, 5) is 5.91. The highest BCUT2D eigenvalue weighted by Gasteiger charge is 2.27. The van der Waals surface area contributed by atoms with Gasteiger partial charge < -0.3 is 30.2 Å². The molecule has 1 saturated heterocycles. The lowest BCUT2D eigenvalue weighted by Gasteiger charge is -2.34. The Labute approximate surface area is 235 Å². The zero-order chi connectivity index (χ0) is 29.3. The van der Waals surface area contributed by atoms with Crippen LogP contribution in [0.15, 0.2) is 48.5 Å². The Hall–Kier alpha value is -4.24. The number of benzene rings is 3. The predicted octanol–water partition coefficient (Wildman–Crippen LogP) is 5.37. The Kier molecular flexibility index (Phi) is 8.25. The first-order valence-electron chi connectivity index (χ1n) is 13.5. The lowest BCUT2D eigenvalue weighted by atomic mass is 9.96. The summed E-state index contributed by atoms with van der Waals surface area (Å²) in [6.45, 7) is 11.3. The number of hydrogen-bond donors (Lipinski definition) is 6. The maximum atomic E-state index is 10.8. The number of rotatable bonds is 6. The highest BCUT2D eigenvalue weighted by atomic mass is 16.3. The molecule has 40 heavy (non-hydrogen) atoms. The maximum Gasteiger partial charge on any atom is 0.142 e. The first-order valence-corrected chi connectivity index (χ1v) is 13.5. The monoisotopic (exact) mass is 545 g/mol. The molecule has 3 aromatic rings. The maximum absolute atomic E-state index is 10.8. The van der Waals surface area contributed by atoms with Crippen molar-refractivity contribution in [3.8, 4) is 23.0 Å². The lowest BCUT2D eigenvalue weighted by Crippen LogP contribution is -2.44. The van der Waals surface area contributed by atoms with Gasteiger partial charge in [0.1, 0.15) is 34.7 Å². The Morgan fingerprint density at radius 3 is 1.50 bits per heavy atom. The van der Waals surface area contributed by atoms with Gasteiger partial charge in [0.15, 0.2) is 0 Å². The molecule has 0 saturated carbocycles. The molecule has 0 spiro atoms. The van der Waals surface area contributed by atoms with Crippen molar-refractivity contribution >= 4 is 23.0 Å². The van der Waals surface area contributed by atoms with Crippen LogP contribution in [0.1, 0.15) is 61.8 Å². The summed E-state index contributed by atoms with van der Waals surface area (Å²) >= 11 is 0. The molecule has 1 fully saturated rings. The molecule has 0 aliphatic carbocycles. The van der Waals surface area contributed by atoms with Crippen LogP contribution in [0.4, 0.5) is 11.4 Å². The summed E-state index contributed by atoms with van der Waals surface area (Å²) in [5, 5.41) is 60.6. The molecule has 0 unspecified atom stereocenters. The van der Waals surface area contributed by atoms with Crippen molar-refractivity contribution in [3.05, 3.63) is 70.8 Å². The molecule has 1 heterocycles. The second-order valence-corrected chi connectivity index (χ2v) is 11.0. The molecule has 3 aromatic carbocycles. The predicted molar refractivity (Wildman–Crippen MR) is 160 cm³/mol. The highest BCUT2D eigenvalue weighted by molar-refractivity contribution is 6.28. The fourth-order valence-corrected chi connectivity index (χ4v) is 4.98. The molecule has 0 atom stereocenters. The van der Waals surface area contributed by atoms with E-state index in [4.69, 9.17) is 0 Å². The van der Waals surface area contributed by atoms with E-state index in [-0.39, 0.29) is 57.6 Å². The number of nitrogens with zero attached hydrogens (tertiary/aromatic N) is 3. The van der Waals surface area contributed by atoms with Gasteiger partial charge in [-0.2, -0.15) is 0 Å². The smallest absolute Gasteiger partial charge is 0.142 e. The van der Waals surface area contributed by atoms with E-state index in [1.807, 2.05) is 52.0 Å². The van der Waals surface area contributed by atoms with Gasteiger partial charge in [-0.3, -0.25) is 15.7 Å². The molecule has 9 heteroatoms. The van der Waals surface area contributed by atoms with E-state index >= 15 is 0 Å². The van der Waals surface area contributed by atoms with Crippen molar-refractivity contribution in [2.75, 3.05) is 43.0 Å². The molecule has 0 amide bonds. The first-order chi connectivity index (χ1) is 18.9. The average molecular weight is 546 g/mol. The van der Waals surface area contributed by atoms with Crippen LogP contribution in [0.25, 0.3) is 0 Å². The SMILES string of the molecule is CC(C)c1cc(C(=N)N(C(=N)c2cc(C(C)C)c(O)cc2O)c2ccc(N3CCN(C)CC3)cc2)c(O)cc1O. The van der Waals surface area contributed by atoms with E-state index in [1.165, 1.54) is 17.0 Å². The third-order valence-electron chi connectivity index (χ3n) is 7.47. The van der Waals surface area contributed by atoms with Crippen molar-refractivity contribution in [1.82, 2.24) is 4.90 Å². The number of anilines is 2. The zero-order valence-electron chi connectivity index (χ0n) is 23.7. The van der Waals surface area contributed by atoms with Crippen LogP contribution in [0.5, 0.6) is 23.0 Å². The van der Waals surface area contributed by atoms with Gasteiger partial charge in [-0.15, -0.1) is 0 Å². The van der Waals surface area contributed by atoms with E-state index in [0.717, 1.165) is 31.9 Å². The Balaban J connectivity index is 1.82. The van der Waals surface area contributed by atoms with Gasteiger partial charge >= 0.3 is 0 Å². The number of aromatic hydroxyl groups is 4. The molecular weight excluding hydrogens is 506 g/mol. The van der Waals surface area contributed by atoms with Crippen molar-refractivity contribution in [2.24, 2.45) is 0 Å². The Morgan fingerprint density at radius 2 is 1.10 bits per heavy atom. The number of amidine groups is 2. The summed E-state index contributed by atoms with van der Waals surface area (Å²) in [7, 11) is 2.10. The van der Waals surface area contributed by atoms with Crippen LogP contribution in [0.3, 0.4) is 0 Å². The van der Waals surface area contributed by atoms with Crippen LogP contribution < -0.4 is 9.80 Å². The molecule has 0 radical (unpaired) electrons. The number of likely N-dealkylation sites (N-methyl/N-ethyl adjacent to an activating group) is 1. The molecule has 0 aromatic heterocycles. The quantitative estimate of drug-likeness (QED) is 0.181. The minimum absolute atomic E-state index is 0.0695. The Morgan fingerprint density at radius 1 is 0.675 bits per heavy atom. The fourth-order valence-electron chi connectivity index (χ4n) is 4.98. The van der Waals surface area contributed by atoms with Crippen molar-refractivity contribution < 1.29 is 20.4 Å². The highest BCUT2D eigenvalue weighted by Crippen LogP contribution is 2.37. The summed E-state index contributed by atoms with van der Waals surface area (Å²) < 4.78 is 0. The summed E-state index contributed by atoms with van der Waals surface area (Å²) in [5.41, 5.74) is 2.91. The molecule has 1 aliphatic rings. The van der Waals surface area contributed by atoms with Gasteiger partial charge in [-0.1, -0.05) is 27.7 Å².